The number of anilines is 2. The molecule has 2 N–H and O–H groups in total. The number of hydrogen-bond donors (Lipinski definition) is 2. The average molecular weight is 276 g/mol. The quantitative estimate of drug-likeness (QED) is 0.819. The van der Waals surface area contributed by atoms with E-state index in [0.29, 0.717) is 6.04 Å². The molecule has 0 radical (unpaired) electrons. The second kappa shape index (κ2) is 6.91. The maximum absolute atomic E-state index is 4.60. The molecule has 1 saturated carbocycles. The van der Waals surface area contributed by atoms with Crippen LogP contribution in [0.2, 0.25) is 0 Å². The van der Waals surface area contributed by atoms with Gasteiger partial charge in [-0.05, 0) is 46.0 Å². The summed E-state index contributed by atoms with van der Waals surface area (Å²) in [6, 6.07) is 0.558. The minimum atomic E-state index is 0.558. The first kappa shape index (κ1) is 15.1. The van der Waals surface area contributed by atoms with Crippen LogP contribution in [0.3, 0.4) is 0 Å². The van der Waals surface area contributed by atoms with Gasteiger partial charge in [0.05, 0.1) is 0 Å². The largest absolute Gasteiger partial charge is 0.370 e. The number of nitrogens with zero attached hydrogens (tertiary/aromatic N) is 2. The van der Waals surface area contributed by atoms with E-state index in [2.05, 4.69) is 41.4 Å². The number of aryl methyl sites for hydroxylation is 1. The van der Waals surface area contributed by atoms with Gasteiger partial charge >= 0.3 is 0 Å². The maximum atomic E-state index is 4.60. The van der Waals surface area contributed by atoms with Gasteiger partial charge < -0.3 is 10.6 Å². The first-order valence-corrected chi connectivity index (χ1v) is 7.95. The van der Waals surface area contributed by atoms with Gasteiger partial charge in [-0.25, -0.2) is 9.97 Å². The van der Waals surface area contributed by atoms with Gasteiger partial charge in [0.2, 0.25) is 0 Å². The molecule has 0 aliphatic heterocycles. The maximum Gasteiger partial charge on any atom is 0.134 e. The van der Waals surface area contributed by atoms with Crippen LogP contribution in [-0.2, 0) is 0 Å². The van der Waals surface area contributed by atoms with Crippen LogP contribution in [0, 0.1) is 19.8 Å². The van der Waals surface area contributed by atoms with E-state index >= 15 is 0 Å². The highest BCUT2D eigenvalue weighted by Crippen LogP contribution is 2.27. The topological polar surface area (TPSA) is 49.8 Å². The van der Waals surface area contributed by atoms with Crippen LogP contribution >= 0.6 is 0 Å². The number of rotatable bonds is 4. The monoisotopic (exact) mass is 276 g/mol. The zero-order valence-electron chi connectivity index (χ0n) is 13.3. The van der Waals surface area contributed by atoms with Crippen molar-refractivity contribution in [3.63, 3.8) is 0 Å². The molecule has 1 heterocycles. The summed E-state index contributed by atoms with van der Waals surface area (Å²) in [5.74, 6) is 3.67. The van der Waals surface area contributed by atoms with E-state index in [1.807, 2.05) is 6.92 Å². The van der Waals surface area contributed by atoms with Gasteiger partial charge in [-0.15, -0.1) is 0 Å². The Labute approximate surface area is 122 Å². The van der Waals surface area contributed by atoms with E-state index < -0.39 is 0 Å². The van der Waals surface area contributed by atoms with Crippen LogP contribution in [0.15, 0.2) is 0 Å². The van der Waals surface area contributed by atoms with Gasteiger partial charge in [-0.3, -0.25) is 0 Å². The Bertz CT molecular complexity index is 444. The summed E-state index contributed by atoms with van der Waals surface area (Å²) in [5, 5.41) is 6.98. The SMILES string of the molecule is CCNc1nc(C)nc(NC2CCCC(C)CC2)c1C. The van der Waals surface area contributed by atoms with Gasteiger partial charge in [0.15, 0.2) is 0 Å². The van der Waals surface area contributed by atoms with E-state index in [1.165, 1.54) is 32.1 Å². The van der Waals surface area contributed by atoms with Crippen molar-refractivity contribution in [1.82, 2.24) is 9.97 Å². The van der Waals surface area contributed by atoms with E-state index in [9.17, 15) is 0 Å². The van der Waals surface area contributed by atoms with Crippen molar-refractivity contribution < 1.29 is 0 Å². The van der Waals surface area contributed by atoms with Gasteiger partial charge in [0, 0.05) is 18.2 Å². The molecule has 1 aromatic heterocycles. The second-order valence-corrected chi connectivity index (χ2v) is 6.08. The number of hydrogen-bond acceptors (Lipinski definition) is 4. The van der Waals surface area contributed by atoms with Crippen molar-refractivity contribution in [2.24, 2.45) is 5.92 Å². The van der Waals surface area contributed by atoms with E-state index in [0.717, 1.165) is 35.5 Å². The highest BCUT2D eigenvalue weighted by atomic mass is 15.1. The van der Waals surface area contributed by atoms with E-state index in [1.54, 1.807) is 0 Å². The zero-order valence-corrected chi connectivity index (χ0v) is 13.3. The van der Waals surface area contributed by atoms with E-state index in [4.69, 9.17) is 0 Å². The fourth-order valence-electron chi connectivity index (χ4n) is 2.93. The lowest BCUT2D eigenvalue weighted by molar-refractivity contribution is 0.501. The van der Waals surface area contributed by atoms with Gasteiger partial charge in [0.25, 0.3) is 0 Å². The van der Waals surface area contributed by atoms with Gasteiger partial charge in [-0.1, -0.05) is 19.8 Å². The summed E-state index contributed by atoms with van der Waals surface area (Å²) in [4.78, 5) is 9.08. The molecule has 112 valence electrons. The third-order valence-corrected chi connectivity index (χ3v) is 4.20. The van der Waals surface area contributed by atoms with E-state index in [-0.39, 0.29) is 0 Å². The summed E-state index contributed by atoms with van der Waals surface area (Å²) in [7, 11) is 0. The summed E-state index contributed by atoms with van der Waals surface area (Å²) >= 11 is 0. The molecule has 0 aromatic carbocycles. The van der Waals surface area contributed by atoms with Crippen LogP contribution in [0.1, 0.15) is 57.3 Å². The van der Waals surface area contributed by atoms with Crippen molar-refractivity contribution in [2.75, 3.05) is 17.2 Å². The highest BCUT2D eigenvalue weighted by molar-refractivity contribution is 5.57. The lowest BCUT2D eigenvalue weighted by Crippen LogP contribution is -2.21. The average Bonchev–Trinajstić information content (AvgIpc) is 2.60. The summed E-state index contributed by atoms with van der Waals surface area (Å²) in [6.07, 6.45) is 6.51. The van der Waals surface area contributed by atoms with Gasteiger partial charge in [0.1, 0.15) is 17.5 Å². The summed E-state index contributed by atoms with van der Waals surface area (Å²) in [5.41, 5.74) is 1.13. The molecule has 0 bridgehead atoms. The molecule has 0 saturated heterocycles. The molecule has 0 amide bonds. The minimum absolute atomic E-state index is 0.558. The lowest BCUT2D eigenvalue weighted by atomic mass is 10.0. The molecule has 4 heteroatoms. The summed E-state index contributed by atoms with van der Waals surface area (Å²) < 4.78 is 0. The van der Waals surface area contributed by atoms with Crippen LogP contribution in [0.25, 0.3) is 0 Å². The van der Waals surface area contributed by atoms with Crippen LogP contribution in [-0.4, -0.2) is 22.6 Å². The number of aromatic nitrogens is 2. The van der Waals surface area contributed by atoms with Crippen molar-refractivity contribution in [1.29, 1.82) is 0 Å². The molecule has 2 atom stereocenters. The Hall–Kier alpha value is -1.32. The third-order valence-electron chi connectivity index (χ3n) is 4.20. The van der Waals surface area contributed by atoms with Crippen LogP contribution < -0.4 is 10.6 Å². The molecular weight excluding hydrogens is 248 g/mol. The Morgan fingerprint density at radius 2 is 1.80 bits per heavy atom. The predicted molar refractivity (Wildman–Crippen MR) is 85.3 cm³/mol. The van der Waals surface area contributed by atoms with Crippen molar-refractivity contribution in [3.8, 4) is 0 Å². The fraction of sp³-hybridized carbons (Fsp3) is 0.750. The first-order chi connectivity index (χ1) is 9.60. The molecule has 0 spiro atoms. The lowest BCUT2D eigenvalue weighted by Gasteiger charge is -2.20. The fourth-order valence-corrected chi connectivity index (χ4v) is 2.93. The normalized spacial score (nSPS) is 23.2. The number of nitrogens with one attached hydrogen (secondary N) is 2. The standard InChI is InChI=1S/C16H28N4/c1-5-17-15-12(3)16(19-13(4)18-15)20-14-8-6-7-11(2)9-10-14/h11,14H,5-10H2,1-4H3,(H2,17,18,19,20). The third kappa shape index (κ3) is 3.84. The molecule has 2 rings (SSSR count). The highest BCUT2D eigenvalue weighted by Gasteiger charge is 2.18. The molecule has 20 heavy (non-hydrogen) atoms. The van der Waals surface area contributed by atoms with Crippen molar-refractivity contribution >= 4 is 11.6 Å². The van der Waals surface area contributed by atoms with Gasteiger partial charge in [-0.2, -0.15) is 0 Å². The van der Waals surface area contributed by atoms with Crippen molar-refractivity contribution in [3.05, 3.63) is 11.4 Å². The molecule has 2 unspecified atom stereocenters. The van der Waals surface area contributed by atoms with Crippen molar-refractivity contribution in [2.45, 2.75) is 65.8 Å². The Morgan fingerprint density at radius 3 is 2.55 bits per heavy atom. The summed E-state index contributed by atoms with van der Waals surface area (Å²) in [6.45, 7) is 9.40. The second-order valence-electron chi connectivity index (χ2n) is 6.08. The van der Waals surface area contributed by atoms with Crippen LogP contribution in [0.5, 0.6) is 0 Å². The molecule has 1 aliphatic carbocycles. The Kier molecular flexibility index (Phi) is 5.21. The molecule has 1 fully saturated rings. The Morgan fingerprint density at radius 1 is 1.05 bits per heavy atom. The Balaban J connectivity index is 2.11. The molecule has 4 nitrogen and oxygen atoms in total. The minimum Gasteiger partial charge on any atom is -0.370 e. The molecule has 1 aromatic rings. The molecular formula is C16H28N4. The predicted octanol–water partition coefficient (Wildman–Crippen LogP) is 3.91. The zero-order chi connectivity index (χ0) is 14.5. The first-order valence-electron chi connectivity index (χ1n) is 7.95. The smallest absolute Gasteiger partial charge is 0.134 e. The molecule has 1 aliphatic rings. The van der Waals surface area contributed by atoms with Crippen LogP contribution in [0.4, 0.5) is 11.6 Å².